The van der Waals surface area contributed by atoms with Gasteiger partial charge in [0.2, 0.25) is 0 Å². The van der Waals surface area contributed by atoms with Crippen molar-refractivity contribution in [1.29, 1.82) is 0 Å². The highest BCUT2D eigenvalue weighted by Gasteiger charge is 2.31. The van der Waals surface area contributed by atoms with Gasteiger partial charge in [-0.15, -0.1) is 0 Å². The number of nitrogens with one attached hydrogen (secondary N) is 1. The third kappa shape index (κ3) is 3.76. The second-order valence-corrected chi connectivity index (χ2v) is 8.53. The molecule has 0 radical (unpaired) electrons. The number of nitrogens with zero attached hydrogens (tertiary/aromatic N) is 2. The normalized spacial score (nSPS) is 20.0. The summed E-state index contributed by atoms with van der Waals surface area (Å²) in [6.07, 6.45) is 0.583. The summed E-state index contributed by atoms with van der Waals surface area (Å²) in [4.78, 5) is 0. The molecule has 1 fully saturated rings. The van der Waals surface area contributed by atoms with Crippen molar-refractivity contribution < 1.29 is 8.42 Å². The molecule has 0 unspecified atom stereocenters. The first-order chi connectivity index (χ1) is 11.0. The Balaban J connectivity index is 1.69. The van der Waals surface area contributed by atoms with Crippen LogP contribution in [0.3, 0.4) is 0 Å². The molecule has 0 spiro atoms. The van der Waals surface area contributed by atoms with E-state index in [1.165, 1.54) is 5.56 Å². The fourth-order valence-electron chi connectivity index (χ4n) is 2.89. The van der Waals surface area contributed by atoms with Crippen molar-refractivity contribution in [2.75, 3.05) is 11.5 Å². The quantitative estimate of drug-likeness (QED) is 0.897. The van der Waals surface area contributed by atoms with E-state index in [0.29, 0.717) is 18.1 Å². The maximum absolute atomic E-state index is 11.6. The topological polar surface area (TPSA) is 64.0 Å². The molecule has 1 saturated heterocycles. The Bertz CT molecular complexity index is 787. The molecular formula is C16H20ClN3O2S. The van der Waals surface area contributed by atoms with Crippen LogP contribution in [0.1, 0.15) is 29.3 Å². The average molecular weight is 354 g/mol. The fourth-order valence-corrected chi connectivity index (χ4v) is 4.96. The van der Waals surface area contributed by atoms with Crippen LogP contribution in [0.5, 0.6) is 0 Å². The molecule has 1 aromatic carbocycles. The minimum Gasteiger partial charge on any atom is -0.308 e. The van der Waals surface area contributed by atoms with E-state index < -0.39 is 9.84 Å². The zero-order chi connectivity index (χ0) is 16.4. The summed E-state index contributed by atoms with van der Waals surface area (Å²) in [5, 5.41) is 8.37. The number of sulfone groups is 1. The molecule has 0 amide bonds. The van der Waals surface area contributed by atoms with Crippen molar-refractivity contribution in [3.63, 3.8) is 0 Å². The van der Waals surface area contributed by atoms with Gasteiger partial charge in [0.15, 0.2) is 9.84 Å². The van der Waals surface area contributed by atoms with E-state index >= 15 is 0 Å². The Morgan fingerprint density at radius 3 is 2.70 bits per heavy atom. The van der Waals surface area contributed by atoms with Gasteiger partial charge in [-0.2, -0.15) is 5.10 Å². The lowest BCUT2D eigenvalue weighted by Gasteiger charge is -2.10. The number of benzene rings is 1. The van der Waals surface area contributed by atoms with E-state index in [9.17, 15) is 8.42 Å². The van der Waals surface area contributed by atoms with E-state index in [0.717, 1.165) is 17.8 Å². The van der Waals surface area contributed by atoms with Crippen LogP contribution in [0.15, 0.2) is 30.3 Å². The molecule has 5 nitrogen and oxygen atoms in total. The Morgan fingerprint density at radius 1 is 1.30 bits per heavy atom. The first-order valence-electron chi connectivity index (χ1n) is 7.65. The molecule has 0 saturated carbocycles. The molecular weight excluding hydrogens is 334 g/mol. The van der Waals surface area contributed by atoms with E-state index in [2.05, 4.69) is 22.5 Å². The minimum absolute atomic E-state index is 0.130. The second-order valence-electron chi connectivity index (χ2n) is 5.95. The van der Waals surface area contributed by atoms with E-state index in [1.54, 1.807) is 4.68 Å². The van der Waals surface area contributed by atoms with Gasteiger partial charge >= 0.3 is 0 Å². The maximum atomic E-state index is 11.6. The van der Waals surface area contributed by atoms with Crippen LogP contribution in [-0.2, 0) is 22.9 Å². The first-order valence-corrected chi connectivity index (χ1v) is 9.85. The number of hydrogen-bond acceptors (Lipinski definition) is 4. The zero-order valence-electron chi connectivity index (χ0n) is 13.0. The summed E-state index contributed by atoms with van der Waals surface area (Å²) in [5.74, 6) is 0.346. The van der Waals surface area contributed by atoms with Crippen LogP contribution >= 0.6 is 11.6 Å². The van der Waals surface area contributed by atoms with E-state index in [1.807, 2.05) is 25.1 Å². The first kappa shape index (κ1) is 16.5. The molecule has 1 N–H and O–H groups in total. The number of rotatable bonds is 5. The fraction of sp³-hybridized carbons (Fsp3) is 0.438. The Kier molecular flexibility index (Phi) is 4.75. The number of hydrogen-bond donors (Lipinski definition) is 1. The Morgan fingerprint density at radius 2 is 2.04 bits per heavy atom. The lowest BCUT2D eigenvalue weighted by atomic mass is 10.2. The van der Waals surface area contributed by atoms with Gasteiger partial charge in [0, 0.05) is 18.7 Å². The Hall–Kier alpha value is -1.37. The molecule has 1 aliphatic heterocycles. The molecule has 124 valence electrons. The van der Waals surface area contributed by atoms with Gasteiger partial charge in [0.05, 0.1) is 23.2 Å². The van der Waals surface area contributed by atoms with Crippen molar-refractivity contribution in [3.05, 3.63) is 52.3 Å². The molecule has 2 aromatic rings. The van der Waals surface area contributed by atoms with Crippen LogP contribution in [0.4, 0.5) is 0 Å². The van der Waals surface area contributed by atoms with Crippen LogP contribution in [0.25, 0.3) is 0 Å². The highest BCUT2D eigenvalue weighted by molar-refractivity contribution is 7.91. The smallest absolute Gasteiger partial charge is 0.152 e. The third-order valence-electron chi connectivity index (χ3n) is 4.17. The highest BCUT2D eigenvalue weighted by Crippen LogP contribution is 2.29. The number of aryl methyl sites for hydroxylation is 1. The predicted octanol–water partition coefficient (Wildman–Crippen LogP) is 2.49. The second kappa shape index (κ2) is 6.63. The monoisotopic (exact) mass is 353 g/mol. The minimum atomic E-state index is -2.95. The zero-order valence-corrected chi connectivity index (χ0v) is 14.6. The molecule has 1 atom stereocenters. The van der Waals surface area contributed by atoms with Gasteiger partial charge in [-0.05, 0) is 18.9 Å². The predicted molar refractivity (Wildman–Crippen MR) is 91.3 cm³/mol. The lowest BCUT2D eigenvalue weighted by molar-refractivity contribution is 0.497. The summed E-state index contributed by atoms with van der Waals surface area (Å²) in [6.45, 7) is 3.27. The number of aromatic nitrogens is 2. The average Bonchev–Trinajstić information content (AvgIpc) is 3.01. The van der Waals surface area contributed by atoms with Crippen molar-refractivity contribution in [3.8, 4) is 0 Å². The van der Waals surface area contributed by atoms with Gasteiger partial charge in [-0.3, -0.25) is 0 Å². The van der Waals surface area contributed by atoms with E-state index in [-0.39, 0.29) is 17.5 Å². The van der Waals surface area contributed by atoms with Gasteiger partial charge in [-0.25, -0.2) is 13.1 Å². The molecule has 0 bridgehead atoms. The van der Waals surface area contributed by atoms with Gasteiger partial charge in [0.1, 0.15) is 5.15 Å². The summed E-state index contributed by atoms with van der Waals surface area (Å²) in [6, 6.07) is 9.99. The van der Waals surface area contributed by atoms with Crippen LogP contribution in [-0.4, -0.2) is 29.7 Å². The largest absolute Gasteiger partial charge is 0.308 e. The van der Waals surface area contributed by atoms with Gasteiger partial charge in [-0.1, -0.05) is 41.9 Å². The molecule has 3 rings (SSSR count). The standard InChI is InChI=1S/C16H20ClN3O2S/c1-12-15(10-18-9-13-5-3-2-4-6-13)16(17)20(19-12)14-7-8-23(21,22)11-14/h2-6,14,18H,7-11H2,1H3/t14-/m0/s1. The molecule has 2 heterocycles. The lowest BCUT2D eigenvalue weighted by Crippen LogP contribution is -2.14. The summed E-state index contributed by atoms with van der Waals surface area (Å²) in [5.41, 5.74) is 2.99. The van der Waals surface area contributed by atoms with Gasteiger partial charge in [0.25, 0.3) is 0 Å². The molecule has 1 aliphatic rings. The summed E-state index contributed by atoms with van der Waals surface area (Å²) < 4.78 is 25.0. The summed E-state index contributed by atoms with van der Waals surface area (Å²) >= 11 is 6.45. The van der Waals surface area contributed by atoms with Crippen LogP contribution < -0.4 is 5.32 Å². The van der Waals surface area contributed by atoms with Crippen molar-refractivity contribution in [2.45, 2.75) is 32.5 Å². The Labute approximate surface area is 141 Å². The highest BCUT2D eigenvalue weighted by atomic mass is 35.5. The summed E-state index contributed by atoms with van der Waals surface area (Å²) in [7, 11) is -2.95. The molecule has 23 heavy (non-hydrogen) atoms. The molecule has 0 aliphatic carbocycles. The van der Waals surface area contributed by atoms with Gasteiger partial charge < -0.3 is 5.32 Å². The van der Waals surface area contributed by atoms with Crippen molar-refractivity contribution in [1.82, 2.24) is 15.1 Å². The SMILES string of the molecule is Cc1nn([C@H]2CCS(=O)(=O)C2)c(Cl)c1CNCc1ccccc1. The molecule has 1 aromatic heterocycles. The van der Waals surface area contributed by atoms with Crippen molar-refractivity contribution >= 4 is 21.4 Å². The third-order valence-corrected chi connectivity index (χ3v) is 6.32. The maximum Gasteiger partial charge on any atom is 0.152 e. The van der Waals surface area contributed by atoms with Crippen LogP contribution in [0, 0.1) is 6.92 Å². The number of halogens is 1. The molecule has 7 heteroatoms. The van der Waals surface area contributed by atoms with E-state index in [4.69, 9.17) is 11.6 Å². The van der Waals surface area contributed by atoms with Crippen molar-refractivity contribution in [2.24, 2.45) is 0 Å². The van der Waals surface area contributed by atoms with Crippen LogP contribution in [0.2, 0.25) is 5.15 Å².